The molecule has 0 amide bonds. The van der Waals surface area contributed by atoms with Crippen LogP contribution in [-0.4, -0.2) is 33.3 Å². The minimum Gasteiger partial charge on any atom is -0.469 e. The van der Waals surface area contributed by atoms with Crippen molar-refractivity contribution < 1.29 is 10.9 Å². The molecule has 1 atom stereocenters. The van der Waals surface area contributed by atoms with E-state index in [4.69, 9.17) is 11.1 Å². The first-order valence-corrected chi connectivity index (χ1v) is 9.63. The van der Waals surface area contributed by atoms with Gasteiger partial charge in [-0.3, -0.25) is 19.3 Å². The number of aromatic nitrogens is 3. The summed E-state index contributed by atoms with van der Waals surface area (Å²) in [6, 6.07) is 11.3. The van der Waals surface area contributed by atoms with Crippen molar-refractivity contribution in [2.75, 3.05) is 7.11 Å². The summed E-state index contributed by atoms with van der Waals surface area (Å²) >= 11 is 3.56. The Morgan fingerprint density at radius 3 is 2.96 bits per heavy atom. The fourth-order valence-electron chi connectivity index (χ4n) is 3.35. The SMILES string of the molecule is [2H]Cc1cnc2n1-c1ccc(Br)cc1C(c1ccccn1)=N[C@H]2CCC(=O)OC. The van der Waals surface area contributed by atoms with Gasteiger partial charge in [0.1, 0.15) is 11.9 Å². The number of carbonyl (C=O) groups excluding carboxylic acids is 1. The molecule has 3 heterocycles. The number of halogens is 1. The normalized spacial score (nSPS) is 15.7. The lowest BCUT2D eigenvalue weighted by Crippen LogP contribution is -2.09. The highest BCUT2D eigenvalue weighted by molar-refractivity contribution is 9.10. The highest BCUT2D eigenvalue weighted by Gasteiger charge is 2.28. The van der Waals surface area contributed by atoms with Crippen molar-refractivity contribution in [3.63, 3.8) is 0 Å². The second kappa shape index (κ2) is 7.67. The molecule has 1 aromatic carbocycles. The van der Waals surface area contributed by atoms with E-state index >= 15 is 0 Å². The first-order valence-electron chi connectivity index (χ1n) is 9.55. The highest BCUT2D eigenvalue weighted by atomic mass is 79.9. The molecule has 0 spiro atoms. The Labute approximate surface area is 172 Å². The number of imidazole rings is 1. The van der Waals surface area contributed by atoms with E-state index in [9.17, 15) is 4.79 Å². The average molecular weight is 440 g/mol. The van der Waals surface area contributed by atoms with Gasteiger partial charge in [-0.25, -0.2) is 4.98 Å². The molecule has 0 N–H and O–H groups in total. The average Bonchev–Trinajstić information content (AvgIpc) is 3.12. The molecule has 1 aliphatic heterocycles. The van der Waals surface area contributed by atoms with Gasteiger partial charge in [-0.05, 0) is 43.7 Å². The fourth-order valence-corrected chi connectivity index (χ4v) is 3.71. The maximum Gasteiger partial charge on any atom is 0.305 e. The van der Waals surface area contributed by atoms with Crippen molar-refractivity contribution in [1.29, 1.82) is 0 Å². The Bertz CT molecular complexity index is 1080. The first-order chi connectivity index (χ1) is 14.1. The molecule has 0 saturated heterocycles. The highest BCUT2D eigenvalue weighted by Crippen LogP contribution is 2.34. The Balaban J connectivity index is 1.94. The summed E-state index contributed by atoms with van der Waals surface area (Å²) in [5, 5.41) is 0. The topological polar surface area (TPSA) is 69.4 Å². The number of carbonyl (C=O) groups is 1. The quantitative estimate of drug-likeness (QED) is 0.571. The second-order valence-corrected chi connectivity index (χ2v) is 7.34. The molecule has 0 aliphatic carbocycles. The lowest BCUT2D eigenvalue weighted by atomic mass is 10.0. The summed E-state index contributed by atoms with van der Waals surface area (Å²) in [5.74, 6) is 0.425. The van der Waals surface area contributed by atoms with E-state index in [1.807, 2.05) is 41.0 Å². The number of pyridine rings is 1. The Kier molecular flexibility index (Phi) is 4.74. The molecule has 3 aromatic rings. The smallest absolute Gasteiger partial charge is 0.305 e. The number of rotatable bonds is 4. The number of methoxy groups -OCH3 is 1. The van der Waals surface area contributed by atoms with Crippen molar-refractivity contribution in [3.8, 4) is 5.69 Å². The largest absolute Gasteiger partial charge is 0.469 e. The van der Waals surface area contributed by atoms with Crippen molar-refractivity contribution in [1.82, 2.24) is 14.5 Å². The molecular formula is C21H19BrN4O2. The zero-order chi connectivity index (χ0) is 20.4. The first kappa shape index (κ1) is 17.3. The van der Waals surface area contributed by atoms with Crippen LogP contribution in [0.4, 0.5) is 0 Å². The van der Waals surface area contributed by atoms with Crippen molar-refractivity contribution in [3.05, 3.63) is 76.0 Å². The van der Waals surface area contributed by atoms with Crippen LogP contribution >= 0.6 is 15.9 Å². The minimum absolute atomic E-state index is 0.0884. The van der Waals surface area contributed by atoms with Gasteiger partial charge in [0.05, 0.1) is 24.2 Å². The Hall–Kier alpha value is -2.80. The van der Waals surface area contributed by atoms with Gasteiger partial charge in [-0.2, -0.15) is 0 Å². The molecular weight excluding hydrogens is 420 g/mol. The molecule has 7 heteroatoms. The standard InChI is InChI=1S/C21H19BrN4O2/c1-13-12-24-21-17(7-9-19(27)28-2)25-20(16-5-3-4-10-23-16)15-11-14(22)6-8-18(15)26(13)21/h3-6,8,10-12,17H,7,9H2,1-2H3/t17-/m0/s1/i1D. The van der Waals surface area contributed by atoms with Gasteiger partial charge >= 0.3 is 5.97 Å². The number of nitrogens with zero attached hydrogens (tertiary/aromatic N) is 4. The Morgan fingerprint density at radius 1 is 1.32 bits per heavy atom. The number of aryl methyl sites for hydroxylation is 1. The molecule has 28 heavy (non-hydrogen) atoms. The molecule has 1 aliphatic rings. The maximum atomic E-state index is 11.8. The lowest BCUT2D eigenvalue weighted by molar-refractivity contribution is -0.140. The third-order valence-electron chi connectivity index (χ3n) is 4.66. The number of benzene rings is 1. The monoisotopic (exact) mass is 439 g/mol. The fraction of sp³-hybridized carbons (Fsp3) is 0.238. The second-order valence-electron chi connectivity index (χ2n) is 6.43. The van der Waals surface area contributed by atoms with Gasteiger partial charge in [0.15, 0.2) is 0 Å². The molecule has 4 rings (SSSR count). The van der Waals surface area contributed by atoms with Gasteiger partial charge in [0, 0.05) is 35.9 Å². The van der Waals surface area contributed by atoms with E-state index in [1.165, 1.54) is 7.11 Å². The van der Waals surface area contributed by atoms with Crippen LogP contribution in [0.2, 0.25) is 0 Å². The van der Waals surface area contributed by atoms with Crippen LogP contribution < -0.4 is 0 Å². The number of esters is 1. The van der Waals surface area contributed by atoms with Gasteiger partial charge in [0.2, 0.25) is 0 Å². The third kappa shape index (κ3) is 3.38. The van der Waals surface area contributed by atoms with Crippen molar-refractivity contribution in [2.45, 2.75) is 25.8 Å². The maximum absolute atomic E-state index is 11.8. The van der Waals surface area contributed by atoms with Crippen LogP contribution in [0.25, 0.3) is 5.69 Å². The summed E-state index contributed by atoms with van der Waals surface area (Å²) in [4.78, 5) is 25.9. The molecule has 2 aromatic heterocycles. The van der Waals surface area contributed by atoms with Crippen LogP contribution in [0.15, 0.2) is 58.3 Å². The van der Waals surface area contributed by atoms with Crippen LogP contribution in [-0.2, 0) is 9.53 Å². The summed E-state index contributed by atoms with van der Waals surface area (Å²) in [7, 11) is 1.38. The molecule has 142 valence electrons. The minimum atomic E-state index is -0.363. The number of fused-ring (bicyclic) bond motifs is 3. The number of aliphatic imine (C=N–C) groups is 1. The predicted molar refractivity (Wildman–Crippen MR) is 110 cm³/mol. The van der Waals surface area contributed by atoms with E-state index in [0.717, 1.165) is 32.8 Å². The molecule has 6 nitrogen and oxygen atoms in total. The summed E-state index contributed by atoms with van der Waals surface area (Å²) in [6.07, 6.45) is 4.12. The van der Waals surface area contributed by atoms with E-state index in [-0.39, 0.29) is 25.3 Å². The zero-order valence-electron chi connectivity index (χ0n) is 16.3. The predicted octanol–water partition coefficient (Wildman–Crippen LogP) is 4.18. The molecule has 0 saturated carbocycles. The Morgan fingerprint density at radius 2 is 2.21 bits per heavy atom. The molecule has 0 unspecified atom stereocenters. The van der Waals surface area contributed by atoms with E-state index in [0.29, 0.717) is 12.2 Å². The zero-order valence-corrected chi connectivity index (χ0v) is 16.9. The van der Waals surface area contributed by atoms with Crippen molar-refractivity contribution in [2.24, 2.45) is 4.99 Å². The van der Waals surface area contributed by atoms with Crippen LogP contribution in [0.1, 0.15) is 43.0 Å². The molecule has 0 bridgehead atoms. The third-order valence-corrected chi connectivity index (χ3v) is 5.15. The number of ether oxygens (including phenoxy) is 1. The van der Waals surface area contributed by atoms with Crippen LogP contribution in [0.3, 0.4) is 0 Å². The van der Waals surface area contributed by atoms with Gasteiger partial charge < -0.3 is 4.74 Å². The van der Waals surface area contributed by atoms with E-state index in [2.05, 4.69) is 25.9 Å². The van der Waals surface area contributed by atoms with Crippen LogP contribution in [0, 0.1) is 6.90 Å². The number of hydrogen-bond donors (Lipinski definition) is 0. The summed E-state index contributed by atoms with van der Waals surface area (Å²) in [6.45, 7) is 0.0884. The van der Waals surface area contributed by atoms with Crippen molar-refractivity contribution >= 4 is 27.6 Å². The van der Waals surface area contributed by atoms with Gasteiger partial charge in [-0.1, -0.05) is 22.0 Å². The van der Waals surface area contributed by atoms with E-state index < -0.39 is 0 Å². The summed E-state index contributed by atoms with van der Waals surface area (Å²) in [5.41, 5.74) is 4.04. The van der Waals surface area contributed by atoms with Crippen LogP contribution in [0.5, 0.6) is 0 Å². The van der Waals surface area contributed by atoms with Gasteiger partial charge in [0.25, 0.3) is 0 Å². The molecule has 0 radical (unpaired) electrons. The van der Waals surface area contributed by atoms with Gasteiger partial charge in [-0.15, -0.1) is 0 Å². The number of hydrogen-bond acceptors (Lipinski definition) is 5. The summed E-state index contributed by atoms with van der Waals surface area (Å²) < 4.78 is 15.7. The lowest BCUT2D eigenvalue weighted by Gasteiger charge is -2.14. The van der Waals surface area contributed by atoms with E-state index in [1.54, 1.807) is 12.4 Å². The molecule has 0 fully saturated rings.